The van der Waals surface area contributed by atoms with E-state index >= 15 is 0 Å². The zero-order chi connectivity index (χ0) is 15.7. The highest BCUT2D eigenvalue weighted by atomic mass is 16.5. The second-order valence-electron chi connectivity index (χ2n) is 4.49. The lowest BCUT2D eigenvalue weighted by Gasteiger charge is -2.10. The molecule has 1 aromatic rings. The van der Waals surface area contributed by atoms with Crippen LogP contribution in [0.25, 0.3) is 0 Å². The average molecular weight is 295 g/mol. The number of benzene rings is 1. The van der Waals surface area contributed by atoms with E-state index in [-0.39, 0.29) is 25.7 Å². The van der Waals surface area contributed by atoms with E-state index in [4.69, 9.17) is 14.6 Å². The van der Waals surface area contributed by atoms with Gasteiger partial charge in [0.05, 0.1) is 6.61 Å². The molecule has 0 aromatic heterocycles. The summed E-state index contributed by atoms with van der Waals surface area (Å²) in [5, 5.41) is 11.2. The van der Waals surface area contributed by atoms with Crippen molar-refractivity contribution in [1.82, 2.24) is 5.32 Å². The lowest BCUT2D eigenvalue weighted by Crippen LogP contribution is -2.33. The Morgan fingerprint density at radius 3 is 2.81 bits per heavy atom. The molecule has 1 atom stereocenters. The Hall–Kier alpha value is -2.08. The Bertz CT molecular complexity index is 475. The van der Waals surface area contributed by atoms with Crippen molar-refractivity contribution < 1.29 is 24.2 Å². The standard InChI is InChI=1S/C15H21NO5/c1-3-12-5-4-6-13(9-12)21-10-14(17)16-7-8-20-11(2)15(18)19/h4-6,9,11H,3,7-8,10H2,1-2H3,(H,16,17)(H,18,19). The van der Waals surface area contributed by atoms with Crippen LogP contribution in [0.15, 0.2) is 24.3 Å². The van der Waals surface area contributed by atoms with Crippen LogP contribution in [-0.2, 0) is 20.7 Å². The molecule has 0 bridgehead atoms. The molecule has 0 fully saturated rings. The fourth-order valence-corrected chi connectivity index (χ4v) is 1.55. The predicted octanol–water partition coefficient (Wildman–Crippen LogP) is 1.23. The van der Waals surface area contributed by atoms with Gasteiger partial charge in [0.25, 0.3) is 5.91 Å². The molecule has 21 heavy (non-hydrogen) atoms. The molecule has 2 N–H and O–H groups in total. The molecule has 0 heterocycles. The first kappa shape index (κ1) is 17.0. The summed E-state index contributed by atoms with van der Waals surface area (Å²) in [6, 6.07) is 7.57. The molecule has 1 unspecified atom stereocenters. The smallest absolute Gasteiger partial charge is 0.332 e. The van der Waals surface area contributed by atoms with Crippen LogP contribution in [0.4, 0.5) is 0 Å². The summed E-state index contributed by atoms with van der Waals surface area (Å²) < 4.78 is 10.4. The first-order valence-corrected chi connectivity index (χ1v) is 6.85. The van der Waals surface area contributed by atoms with Crippen molar-refractivity contribution in [3.63, 3.8) is 0 Å². The maximum absolute atomic E-state index is 11.5. The van der Waals surface area contributed by atoms with E-state index in [2.05, 4.69) is 5.32 Å². The van der Waals surface area contributed by atoms with E-state index in [1.807, 2.05) is 25.1 Å². The summed E-state index contributed by atoms with van der Waals surface area (Å²) in [6.07, 6.45) is 0.0256. The van der Waals surface area contributed by atoms with Crippen LogP contribution in [-0.4, -0.2) is 42.8 Å². The molecule has 6 nitrogen and oxygen atoms in total. The van der Waals surface area contributed by atoms with Crippen LogP contribution in [0.1, 0.15) is 19.4 Å². The van der Waals surface area contributed by atoms with Crippen molar-refractivity contribution >= 4 is 11.9 Å². The number of hydrogen-bond acceptors (Lipinski definition) is 4. The first-order chi connectivity index (χ1) is 10.0. The fraction of sp³-hybridized carbons (Fsp3) is 0.467. The molecule has 0 aliphatic heterocycles. The molecule has 0 spiro atoms. The van der Waals surface area contributed by atoms with Crippen molar-refractivity contribution in [3.8, 4) is 5.75 Å². The number of rotatable bonds is 9. The number of aliphatic carboxylic acids is 1. The Morgan fingerprint density at radius 1 is 1.38 bits per heavy atom. The third kappa shape index (κ3) is 6.76. The van der Waals surface area contributed by atoms with Crippen molar-refractivity contribution in [2.75, 3.05) is 19.8 Å². The zero-order valence-electron chi connectivity index (χ0n) is 12.3. The molecule has 1 aromatic carbocycles. The highest BCUT2D eigenvalue weighted by Gasteiger charge is 2.10. The fourth-order valence-electron chi connectivity index (χ4n) is 1.55. The predicted molar refractivity (Wildman–Crippen MR) is 77.4 cm³/mol. The number of aryl methyl sites for hydroxylation is 1. The molecule has 1 amide bonds. The highest BCUT2D eigenvalue weighted by Crippen LogP contribution is 2.13. The van der Waals surface area contributed by atoms with Gasteiger partial charge in [-0.25, -0.2) is 4.79 Å². The number of carbonyl (C=O) groups excluding carboxylic acids is 1. The topological polar surface area (TPSA) is 84.9 Å². The minimum Gasteiger partial charge on any atom is -0.484 e. The quantitative estimate of drug-likeness (QED) is 0.669. The number of nitrogens with one attached hydrogen (secondary N) is 1. The van der Waals surface area contributed by atoms with Crippen LogP contribution in [0.5, 0.6) is 5.75 Å². The lowest BCUT2D eigenvalue weighted by molar-refractivity contribution is -0.149. The third-order valence-electron chi connectivity index (χ3n) is 2.82. The van der Waals surface area contributed by atoms with E-state index in [9.17, 15) is 9.59 Å². The summed E-state index contributed by atoms with van der Waals surface area (Å²) in [6.45, 7) is 3.79. The van der Waals surface area contributed by atoms with Crippen molar-refractivity contribution in [2.45, 2.75) is 26.4 Å². The van der Waals surface area contributed by atoms with Gasteiger partial charge in [-0.3, -0.25) is 4.79 Å². The Balaban J connectivity index is 2.20. The van der Waals surface area contributed by atoms with Gasteiger partial charge in [-0.15, -0.1) is 0 Å². The number of carbonyl (C=O) groups is 2. The van der Waals surface area contributed by atoms with Crippen molar-refractivity contribution in [2.24, 2.45) is 0 Å². The van der Waals surface area contributed by atoms with Crippen molar-refractivity contribution in [1.29, 1.82) is 0 Å². The number of carboxylic acid groups (broad SMARTS) is 1. The van der Waals surface area contributed by atoms with Gasteiger partial charge in [0.1, 0.15) is 5.75 Å². The largest absolute Gasteiger partial charge is 0.484 e. The molecule has 0 saturated carbocycles. The van der Waals surface area contributed by atoms with E-state index in [0.29, 0.717) is 5.75 Å². The molecule has 116 valence electrons. The maximum atomic E-state index is 11.5. The van der Waals surface area contributed by atoms with Gasteiger partial charge in [-0.2, -0.15) is 0 Å². The third-order valence-corrected chi connectivity index (χ3v) is 2.82. The summed E-state index contributed by atoms with van der Waals surface area (Å²) >= 11 is 0. The Kier molecular flexibility index (Phi) is 7.25. The van der Waals surface area contributed by atoms with Crippen molar-refractivity contribution in [3.05, 3.63) is 29.8 Å². The molecule has 1 rings (SSSR count). The van der Waals surface area contributed by atoms with Gasteiger partial charge in [-0.1, -0.05) is 19.1 Å². The number of carboxylic acids is 1. The molecule has 0 radical (unpaired) electrons. The van der Waals surface area contributed by atoms with Gasteiger partial charge in [0.15, 0.2) is 12.7 Å². The normalized spacial score (nSPS) is 11.7. The summed E-state index contributed by atoms with van der Waals surface area (Å²) in [7, 11) is 0. The minimum atomic E-state index is -1.03. The summed E-state index contributed by atoms with van der Waals surface area (Å²) in [4.78, 5) is 22.0. The van der Waals surface area contributed by atoms with Gasteiger partial charge in [-0.05, 0) is 31.0 Å². The van der Waals surface area contributed by atoms with Crippen LogP contribution in [0.3, 0.4) is 0 Å². The Morgan fingerprint density at radius 2 is 2.14 bits per heavy atom. The van der Waals surface area contributed by atoms with E-state index in [0.717, 1.165) is 12.0 Å². The monoisotopic (exact) mass is 295 g/mol. The summed E-state index contributed by atoms with van der Waals surface area (Å²) in [5.74, 6) is -0.649. The van der Waals surface area contributed by atoms with Gasteiger partial charge >= 0.3 is 5.97 Å². The molecule has 0 saturated heterocycles. The van der Waals surface area contributed by atoms with Gasteiger partial charge in [0, 0.05) is 6.54 Å². The molecular weight excluding hydrogens is 274 g/mol. The van der Waals surface area contributed by atoms with E-state index < -0.39 is 12.1 Å². The molecular formula is C15H21NO5. The zero-order valence-corrected chi connectivity index (χ0v) is 12.3. The highest BCUT2D eigenvalue weighted by molar-refractivity contribution is 5.77. The molecule has 0 aliphatic rings. The Labute approximate surface area is 124 Å². The van der Waals surface area contributed by atoms with Crippen LogP contribution in [0, 0.1) is 0 Å². The first-order valence-electron chi connectivity index (χ1n) is 6.85. The SMILES string of the molecule is CCc1cccc(OCC(=O)NCCOC(C)C(=O)O)c1. The summed E-state index contributed by atoms with van der Waals surface area (Å²) in [5.41, 5.74) is 1.14. The van der Waals surface area contributed by atoms with Gasteiger partial charge < -0.3 is 19.9 Å². The molecule has 0 aliphatic carbocycles. The minimum absolute atomic E-state index is 0.0817. The van der Waals surface area contributed by atoms with E-state index in [1.54, 1.807) is 6.07 Å². The number of amides is 1. The second kappa shape index (κ2) is 8.97. The number of ether oxygens (including phenoxy) is 2. The van der Waals surface area contributed by atoms with Crippen LogP contribution >= 0.6 is 0 Å². The lowest BCUT2D eigenvalue weighted by atomic mass is 10.2. The van der Waals surface area contributed by atoms with Crippen LogP contribution < -0.4 is 10.1 Å². The average Bonchev–Trinajstić information content (AvgIpc) is 2.49. The van der Waals surface area contributed by atoms with E-state index in [1.165, 1.54) is 6.92 Å². The van der Waals surface area contributed by atoms with Gasteiger partial charge in [0.2, 0.25) is 0 Å². The molecule has 6 heteroatoms. The van der Waals surface area contributed by atoms with Crippen LogP contribution in [0.2, 0.25) is 0 Å². The number of hydrogen-bond donors (Lipinski definition) is 2. The second-order valence-corrected chi connectivity index (χ2v) is 4.49. The maximum Gasteiger partial charge on any atom is 0.332 e.